The van der Waals surface area contributed by atoms with Crippen LogP contribution in [0, 0.1) is 3.57 Å². The Morgan fingerprint density at radius 1 is 0.321 bits per heavy atom. The minimum atomic E-state index is 0. The first-order chi connectivity index (χ1) is 38.1. The Morgan fingerprint density at radius 2 is 0.654 bits per heavy atom. The van der Waals surface area contributed by atoms with E-state index in [1.54, 1.807) is 0 Å². The van der Waals surface area contributed by atoms with E-state index < -0.39 is 0 Å². The molecular weight excluding hydrogens is 1060 g/mol. The number of aromatic nitrogens is 4. The SMILES string of the molecule is C.Ic1ccccc1.c1ccc(-n2c3ccccc3c3c4c(c5c6ccccc6[nH]c5c32)Cc2cc3ccccc3cc2C4)cc1.c1ccc2cc3c(cc2c1)Cc1c(c2c4ccccc4[nH]c2c2[nH]c4ccccc4c12)C3. The third kappa shape index (κ3) is 7.25. The molecule has 0 saturated heterocycles. The van der Waals surface area contributed by atoms with Crippen LogP contribution in [0.1, 0.15) is 51.9 Å². The molecule has 0 radical (unpaired) electrons. The van der Waals surface area contributed by atoms with E-state index in [0.29, 0.717) is 0 Å². The minimum absolute atomic E-state index is 0. The van der Waals surface area contributed by atoms with E-state index in [-0.39, 0.29) is 7.43 Å². The first-order valence-corrected chi connectivity index (χ1v) is 27.9. The lowest BCUT2D eigenvalue weighted by atomic mass is 9.80. The second-order valence-corrected chi connectivity index (χ2v) is 22.3. The molecule has 0 unspecified atom stereocenters. The first-order valence-electron chi connectivity index (χ1n) is 26.8. The molecule has 372 valence electrons. The third-order valence-corrected chi connectivity index (χ3v) is 17.5. The van der Waals surface area contributed by atoms with Gasteiger partial charge in [-0.3, -0.25) is 0 Å². The Morgan fingerprint density at radius 3 is 1.08 bits per heavy atom. The van der Waals surface area contributed by atoms with Crippen molar-refractivity contribution in [3.8, 4) is 5.69 Å². The minimum Gasteiger partial charge on any atom is -0.353 e. The highest BCUT2D eigenvalue weighted by Crippen LogP contribution is 2.48. The maximum atomic E-state index is 3.87. The summed E-state index contributed by atoms with van der Waals surface area (Å²) in [6.07, 6.45) is 3.85. The largest absolute Gasteiger partial charge is 0.353 e. The Kier molecular flexibility index (Phi) is 10.9. The van der Waals surface area contributed by atoms with Crippen molar-refractivity contribution in [1.82, 2.24) is 19.5 Å². The molecule has 18 rings (SSSR count). The van der Waals surface area contributed by atoms with Crippen LogP contribution in [0.2, 0.25) is 0 Å². The van der Waals surface area contributed by atoms with Crippen LogP contribution in [0.25, 0.3) is 114 Å². The zero-order chi connectivity index (χ0) is 50.7. The average molecular weight is 1110 g/mol. The second kappa shape index (κ2) is 18.4. The number of benzene rings is 12. The molecule has 4 heterocycles. The molecule has 0 saturated carbocycles. The summed E-state index contributed by atoms with van der Waals surface area (Å²) in [4.78, 5) is 11.4. The predicted octanol–water partition coefficient (Wildman–Crippen LogP) is 19.6. The molecule has 12 aromatic carbocycles. The van der Waals surface area contributed by atoms with Crippen LogP contribution in [0.3, 0.4) is 0 Å². The van der Waals surface area contributed by atoms with Crippen LogP contribution in [0.15, 0.2) is 231 Å². The average Bonchev–Trinajstić information content (AvgIpc) is 3.91. The molecule has 0 bridgehead atoms. The molecule has 78 heavy (non-hydrogen) atoms. The number of H-pyrrole nitrogens is 3. The Bertz CT molecular complexity index is 4910. The highest BCUT2D eigenvalue weighted by atomic mass is 127. The second-order valence-electron chi connectivity index (χ2n) is 21.0. The van der Waals surface area contributed by atoms with Crippen LogP contribution in [0.5, 0.6) is 0 Å². The lowest BCUT2D eigenvalue weighted by molar-refractivity contribution is 1.03. The zero-order valence-electron chi connectivity index (χ0n) is 42.1. The maximum Gasteiger partial charge on any atom is 0.0786 e. The van der Waals surface area contributed by atoms with Crippen molar-refractivity contribution in [2.75, 3.05) is 0 Å². The van der Waals surface area contributed by atoms with E-state index in [0.717, 1.165) is 25.7 Å². The van der Waals surface area contributed by atoms with Gasteiger partial charge in [0, 0.05) is 68.9 Å². The number of nitrogens with one attached hydrogen (secondary N) is 3. The molecule has 2 aliphatic rings. The Labute approximate surface area is 465 Å². The molecule has 4 aromatic heterocycles. The highest BCUT2D eigenvalue weighted by Gasteiger charge is 2.29. The number of fused-ring (bicyclic) bond motifs is 24. The summed E-state index contributed by atoms with van der Waals surface area (Å²) in [6, 6.07) is 83.4. The molecular formula is C73H53IN4. The Hall–Kier alpha value is -8.91. The van der Waals surface area contributed by atoms with E-state index in [2.05, 4.69) is 254 Å². The lowest BCUT2D eigenvalue weighted by Crippen LogP contribution is -2.09. The number of para-hydroxylation sites is 5. The van der Waals surface area contributed by atoms with E-state index in [4.69, 9.17) is 0 Å². The standard InChI is InChI=1S/C36H24N2.C30H20N2.C6H5I.CH4/c1-2-12-26(13-3-1)38-32-17-9-7-15-28(32)34-30-21-25-19-23-11-5-4-10-22(23)18-24(25)20-29(30)33-27-14-6-8-16-31(27)37-35(33)36(34)38;1-2-8-18-14-20-16-24-23(15-19(20)13-17(18)7-1)27-21-9-3-5-11-25(21)31-29(27)30-28(24)22-10-4-6-12-26(22)32-30;7-6-4-2-1-3-5-6;/h1-19,37H,20-21H2;1-14,31-32H,15-16H2;1-5H;1H4. The summed E-state index contributed by atoms with van der Waals surface area (Å²) in [5, 5.41) is 16.1. The summed E-state index contributed by atoms with van der Waals surface area (Å²) < 4.78 is 3.76. The fraction of sp³-hybridized carbons (Fsp3) is 0.0685. The fourth-order valence-electron chi connectivity index (χ4n) is 13.4. The van der Waals surface area contributed by atoms with Crippen LogP contribution >= 0.6 is 22.6 Å². The number of aromatic amines is 3. The van der Waals surface area contributed by atoms with Crippen molar-refractivity contribution in [3.63, 3.8) is 0 Å². The summed E-state index contributed by atoms with van der Waals surface area (Å²) in [5.41, 5.74) is 22.8. The van der Waals surface area contributed by atoms with Crippen LogP contribution in [0.4, 0.5) is 0 Å². The van der Waals surface area contributed by atoms with Crippen LogP contribution in [-0.2, 0) is 25.7 Å². The molecule has 0 atom stereocenters. The third-order valence-electron chi connectivity index (χ3n) is 16.8. The van der Waals surface area contributed by atoms with Gasteiger partial charge in [-0.1, -0.05) is 189 Å². The maximum absolute atomic E-state index is 3.87. The molecule has 4 nitrogen and oxygen atoms in total. The van der Waals surface area contributed by atoms with Gasteiger partial charge in [-0.2, -0.15) is 0 Å². The van der Waals surface area contributed by atoms with Gasteiger partial charge in [0.25, 0.3) is 0 Å². The summed E-state index contributed by atoms with van der Waals surface area (Å²) in [5.74, 6) is 0. The molecule has 0 amide bonds. The van der Waals surface area contributed by atoms with Crippen molar-refractivity contribution in [2.24, 2.45) is 0 Å². The van der Waals surface area contributed by atoms with E-state index in [9.17, 15) is 0 Å². The van der Waals surface area contributed by atoms with Gasteiger partial charge < -0.3 is 19.5 Å². The van der Waals surface area contributed by atoms with Crippen molar-refractivity contribution in [2.45, 2.75) is 33.1 Å². The first kappa shape index (κ1) is 46.4. The number of hydrogen-bond donors (Lipinski definition) is 3. The van der Waals surface area contributed by atoms with Gasteiger partial charge in [0.15, 0.2) is 0 Å². The zero-order valence-corrected chi connectivity index (χ0v) is 44.3. The van der Waals surface area contributed by atoms with Gasteiger partial charge in [0.2, 0.25) is 0 Å². The number of rotatable bonds is 1. The van der Waals surface area contributed by atoms with Crippen molar-refractivity contribution >= 4 is 131 Å². The molecule has 0 fully saturated rings. The summed E-state index contributed by atoms with van der Waals surface area (Å²) in [6.45, 7) is 0. The molecule has 0 spiro atoms. The van der Waals surface area contributed by atoms with Gasteiger partial charge in [-0.05, 0) is 163 Å². The molecule has 3 N–H and O–H groups in total. The van der Waals surface area contributed by atoms with Gasteiger partial charge in [-0.15, -0.1) is 0 Å². The predicted molar refractivity (Wildman–Crippen MR) is 340 cm³/mol. The summed E-state index contributed by atoms with van der Waals surface area (Å²) >= 11 is 2.28. The molecule has 16 aromatic rings. The van der Waals surface area contributed by atoms with Gasteiger partial charge in [-0.25, -0.2) is 0 Å². The van der Waals surface area contributed by atoms with Gasteiger partial charge >= 0.3 is 0 Å². The lowest BCUT2D eigenvalue weighted by Gasteiger charge is -2.23. The normalized spacial score (nSPS) is 12.6. The number of nitrogens with zero attached hydrogens (tertiary/aromatic N) is 1. The van der Waals surface area contributed by atoms with E-state index in [1.807, 2.05) is 18.2 Å². The topological polar surface area (TPSA) is 52.3 Å². The molecule has 2 aliphatic carbocycles. The van der Waals surface area contributed by atoms with Crippen molar-refractivity contribution in [1.29, 1.82) is 0 Å². The fourth-order valence-corrected chi connectivity index (χ4v) is 13.8. The van der Waals surface area contributed by atoms with E-state index >= 15 is 0 Å². The smallest absolute Gasteiger partial charge is 0.0786 e. The Balaban J connectivity index is 0.000000121. The van der Waals surface area contributed by atoms with Gasteiger partial charge in [0.05, 0.1) is 27.6 Å². The van der Waals surface area contributed by atoms with Crippen LogP contribution in [-0.4, -0.2) is 19.5 Å². The van der Waals surface area contributed by atoms with Crippen molar-refractivity contribution < 1.29 is 0 Å². The monoisotopic (exact) mass is 1110 g/mol. The van der Waals surface area contributed by atoms with Gasteiger partial charge in [0.1, 0.15) is 0 Å². The molecule has 0 aliphatic heterocycles. The van der Waals surface area contributed by atoms with Crippen molar-refractivity contribution in [3.05, 3.63) is 279 Å². The quantitative estimate of drug-likeness (QED) is 0.137. The molecule has 5 heteroatoms. The number of halogens is 1. The highest BCUT2D eigenvalue weighted by molar-refractivity contribution is 14.1. The summed E-state index contributed by atoms with van der Waals surface area (Å²) in [7, 11) is 0. The van der Waals surface area contributed by atoms with Crippen LogP contribution < -0.4 is 0 Å². The number of hydrogen-bond acceptors (Lipinski definition) is 0. The van der Waals surface area contributed by atoms with E-state index in [1.165, 1.54) is 163 Å².